The Bertz CT molecular complexity index is 766. The molecule has 1 aliphatic carbocycles. The molecule has 2 saturated heterocycles. The Morgan fingerprint density at radius 3 is 2.63 bits per heavy atom. The molecule has 1 aromatic carbocycles. The molecule has 4 atom stereocenters. The number of hydrogen-bond donors (Lipinski definition) is 2. The number of piperidine rings is 1. The van der Waals surface area contributed by atoms with Crippen molar-refractivity contribution >= 4 is 23.4 Å². The number of carbonyl (C=O) groups excluding carboxylic acids is 2. The fraction of sp³-hybridized carbons (Fsp3) is 0.529. The van der Waals surface area contributed by atoms with Crippen LogP contribution in [-0.2, 0) is 9.53 Å². The predicted octanol–water partition coefficient (Wildman–Crippen LogP) is 0.925. The van der Waals surface area contributed by atoms with Gasteiger partial charge in [0.2, 0.25) is 0 Å². The highest BCUT2D eigenvalue weighted by atomic mass is 19.3. The number of alkyl halides is 2. The number of amides is 2. The van der Waals surface area contributed by atoms with Crippen molar-refractivity contribution < 1.29 is 27.5 Å². The number of nitrogens with zero attached hydrogens (tertiary/aromatic N) is 2. The van der Waals surface area contributed by atoms with E-state index in [0.717, 1.165) is 13.1 Å². The Morgan fingerprint density at radius 2 is 2.00 bits per heavy atom. The van der Waals surface area contributed by atoms with Gasteiger partial charge in [-0.05, 0) is 30.0 Å². The number of benzene rings is 1. The van der Waals surface area contributed by atoms with Gasteiger partial charge in [-0.2, -0.15) is 8.78 Å². The fourth-order valence-electron chi connectivity index (χ4n) is 3.82. The van der Waals surface area contributed by atoms with Crippen LogP contribution in [0.3, 0.4) is 0 Å². The highest BCUT2D eigenvalue weighted by molar-refractivity contribution is 5.90. The molecule has 10 heteroatoms. The Kier molecular flexibility index (Phi) is 4.37. The third-order valence-corrected chi connectivity index (χ3v) is 5.42. The van der Waals surface area contributed by atoms with Crippen LogP contribution in [0.25, 0.3) is 0 Å². The molecule has 0 radical (unpaired) electrons. The lowest BCUT2D eigenvalue weighted by molar-refractivity contribution is -0.132. The van der Waals surface area contributed by atoms with Crippen molar-refractivity contribution in [3.63, 3.8) is 0 Å². The summed E-state index contributed by atoms with van der Waals surface area (Å²) in [6.07, 6.45) is -4.63. The molecule has 146 valence electrons. The van der Waals surface area contributed by atoms with Crippen LogP contribution in [0, 0.1) is 17.7 Å². The van der Waals surface area contributed by atoms with E-state index in [1.54, 1.807) is 12.1 Å². The topological polar surface area (TPSA) is 87.9 Å². The monoisotopic (exact) mass is 384 g/mol. The molecule has 2 amide bonds. The number of hydrogen-bond acceptors (Lipinski definition) is 5. The molecule has 2 heterocycles. The third kappa shape index (κ3) is 3.29. The number of rotatable bonds is 5. The second kappa shape index (κ2) is 6.59. The number of anilines is 2. The first kappa shape index (κ1) is 17.9. The van der Waals surface area contributed by atoms with Crippen LogP contribution in [0.5, 0.6) is 0 Å². The molecule has 1 unspecified atom stereocenters. The van der Waals surface area contributed by atoms with Crippen molar-refractivity contribution in [2.24, 2.45) is 17.6 Å². The van der Waals surface area contributed by atoms with Crippen LogP contribution in [-0.4, -0.2) is 56.8 Å². The smallest absolute Gasteiger partial charge is 0.414 e. The average molecular weight is 384 g/mol. The van der Waals surface area contributed by atoms with E-state index in [1.807, 2.05) is 10.2 Å². The maximum Gasteiger partial charge on any atom is 0.414 e. The molecular weight excluding hydrogens is 365 g/mol. The second-order valence-corrected chi connectivity index (χ2v) is 7.11. The maximum absolute atomic E-state index is 14.6. The summed E-state index contributed by atoms with van der Waals surface area (Å²) in [4.78, 5) is 26.1. The number of cyclic esters (lactones) is 1. The lowest BCUT2D eigenvalue weighted by Crippen LogP contribution is -2.37. The minimum atomic E-state index is -3.13. The number of ether oxygens (including phenoxy) is 1. The van der Waals surface area contributed by atoms with Gasteiger partial charge in [0.05, 0.1) is 24.5 Å². The number of fused-ring (bicyclic) bond motifs is 1. The van der Waals surface area contributed by atoms with Crippen LogP contribution in [0.1, 0.15) is 0 Å². The van der Waals surface area contributed by atoms with E-state index in [4.69, 9.17) is 10.5 Å². The van der Waals surface area contributed by atoms with Gasteiger partial charge in [0, 0.05) is 19.1 Å². The van der Waals surface area contributed by atoms with E-state index in [0.29, 0.717) is 23.2 Å². The first-order chi connectivity index (χ1) is 12.8. The Balaban J connectivity index is 1.39. The number of nitrogens with one attached hydrogen (secondary N) is 1. The van der Waals surface area contributed by atoms with Gasteiger partial charge in [-0.15, -0.1) is 0 Å². The van der Waals surface area contributed by atoms with Crippen molar-refractivity contribution in [3.8, 4) is 0 Å². The summed E-state index contributed by atoms with van der Waals surface area (Å²) < 4.78 is 44.0. The number of carbonyl (C=O) groups is 2. The van der Waals surface area contributed by atoms with Crippen molar-refractivity contribution in [1.29, 1.82) is 0 Å². The van der Waals surface area contributed by atoms with Crippen LogP contribution >= 0.6 is 0 Å². The Hall–Kier alpha value is -2.49. The van der Waals surface area contributed by atoms with E-state index in [2.05, 4.69) is 0 Å². The van der Waals surface area contributed by atoms with Gasteiger partial charge in [-0.1, -0.05) is 0 Å². The summed E-state index contributed by atoms with van der Waals surface area (Å²) in [5.41, 5.74) is 6.67. The standard InChI is InChI=1S/C17H19F3N4O3/c18-12-3-8(1-2-13(12)23-6-10-11(7-23)14(10)21)24-5-9(27-17(24)26)4-22-16(25)15(19)20/h1-3,9-11,14-15H,4-7,21H2,(H,22,25)/t9-,10-,11+,14?/m0/s1. The molecule has 1 saturated carbocycles. The lowest BCUT2D eigenvalue weighted by Gasteiger charge is -2.23. The average Bonchev–Trinajstić information content (AvgIpc) is 3.00. The van der Waals surface area contributed by atoms with E-state index in [9.17, 15) is 22.8 Å². The zero-order valence-corrected chi connectivity index (χ0v) is 14.3. The van der Waals surface area contributed by atoms with Crippen LogP contribution < -0.4 is 20.9 Å². The molecular formula is C17H19F3N4O3. The summed E-state index contributed by atoms with van der Waals surface area (Å²) in [5.74, 6) is -1.04. The summed E-state index contributed by atoms with van der Waals surface area (Å²) in [6, 6.07) is 4.69. The van der Waals surface area contributed by atoms with Crippen LogP contribution in [0.4, 0.5) is 29.3 Å². The quantitative estimate of drug-likeness (QED) is 0.789. The molecule has 1 aromatic rings. The maximum atomic E-state index is 14.6. The summed E-state index contributed by atoms with van der Waals surface area (Å²) in [6.45, 7) is 1.24. The van der Waals surface area contributed by atoms with Crippen molar-refractivity contribution in [2.75, 3.05) is 36.0 Å². The molecule has 3 aliphatic rings. The molecule has 27 heavy (non-hydrogen) atoms. The molecule has 3 N–H and O–H groups in total. The predicted molar refractivity (Wildman–Crippen MR) is 90.2 cm³/mol. The summed E-state index contributed by atoms with van der Waals surface area (Å²) in [5, 5.41) is 2.00. The highest BCUT2D eigenvalue weighted by Gasteiger charge is 2.53. The largest absolute Gasteiger partial charge is 0.442 e. The van der Waals surface area contributed by atoms with E-state index < -0.39 is 30.3 Å². The second-order valence-electron chi connectivity index (χ2n) is 7.11. The van der Waals surface area contributed by atoms with Crippen molar-refractivity contribution in [2.45, 2.75) is 18.6 Å². The van der Waals surface area contributed by atoms with Gasteiger partial charge >= 0.3 is 12.5 Å². The fourth-order valence-corrected chi connectivity index (χ4v) is 3.82. The van der Waals surface area contributed by atoms with Gasteiger partial charge in [0.25, 0.3) is 5.91 Å². The molecule has 4 rings (SSSR count). The van der Waals surface area contributed by atoms with Gasteiger partial charge in [0.15, 0.2) is 0 Å². The molecule has 7 nitrogen and oxygen atoms in total. The minimum Gasteiger partial charge on any atom is -0.442 e. The Morgan fingerprint density at radius 1 is 1.30 bits per heavy atom. The minimum absolute atomic E-state index is 0.0316. The van der Waals surface area contributed by atoms with E-state index >= 15 is 0 Å². The first-order valence-electron chi connectivity index (χ1n) is 8.69. The first-order valence-corrected chi connectivity index (χ1v) is 8.69. The molecule has 0 spiro atoms. The zero-order valence-electron chi connectivity index (χ0n) is 14.3. The summed E-state index contributed by atoms with van der Waals surface area (Å²) in [7, 11) is 0. The van der Waals surface area contributed by atoms with E-state index in [1.165, 1.54) is 11.0 Å². The third-order valence-electron chi connectivity index (χ3n) is 5.42. The van der Waals surface area contributed by atoms with Gasteiger partial charge in [0.1, 0.15) is 11.9 Å². The van der Waals surface area contributed by atoms with Gasteiger partial charge in [-0.3, -0.25) is 9.69 Å². The zero-order chi connectivity index (χ0) is 19.3. The van der Waals surface area contributed by atoms with Crippen molar-refractivity contribution in [3.05, 3.63) is 24.0 Å². The van der Waals surface area contributed by atoms with E-state index in [-0.39, 0.29) is 19.1 Å². The van der Waals surface area contributed by atoms with Crippen LogP contribution in [0.15, 0.2) is 18.2 Å². The Labute approximate surface area is 153 Å². The number of nitrogens with two attached hydrogens (primary N) is 1. The lowest BCUT2D eigenvalue weighted by atomic mass is 10.2. The molecule has 2 aliphatic heterocycles. The summed E-state index contributed by atoms with van der Waals surface area (Å²) >= 11 is 0. The highest BCUT2D eigenvalue weighted by Crippen LogP contribution is 2.45. The molecule has 0 bridgehead atoms. The molecule has 0 aromatic heterocycles. The number of halogens is 3. The van der Waals surface area contributed by atoms with Crippen LogP contribution in [0.2, 0.25) is 0 Å². The van der Waals surface area contributed by atoms with Gasteiger partial charge in [-0.25, -0.2) is 9.18 Å². The van der Waals surface area contributed by atoms with Gasteiger partial charge < -0.3 is 20.7 Å². The normalized spacial score (nSPS) is 29.1. The SMILES string of the molecule is NC1[C@H]2CN(c3ccc(N4C[C@H](CNC(=O)C(F)F)OC4=O)cc3F)C[C@@H]12. The van der Waals surface area contributed by atoms with Crippen molar-refractivity contribution in [1.82, 2.24) is 5.32 Å². The molecule has 3 fully saturated rings.